The molecule has 6 nitrogen and oxygen atoms in total. The summed E-state index contributed by atoms with van der Waals surface area (Å²) < 4.78 is 1.76. The third-order valence-electron chi connectivity index (χ3n) is 3.03. The Balaban J connectivity index is 0.00000192. The van der Waals surface area contributed by atoms with Crippen LogP contribution in [0.5, 0.6) is 0 Å². The number of benzene rings is 1. The van der Waals surface area contributed by atoms with Gasteiger partial charge in [0, 0.05) is 31.2 Å². The van der Waals surface area contributed by atoms with Crippen LogP contribution in [0, 0.1) is 0 Å². The van der Waals surface area contributed by atoms with Crippen molar-refractivity contribution in [2.75, 3.05) is 12.3 Å². The van der Waals surface area contributed by atoms with E-state index in [1.165, 1.54) is 5.56 Å². The van der Waals surface area contributed by atoms with Crippen molar-refractivity contribution in [1.82, 2.24) is 30.5 Å². The molecule has 0 radical (unpaired) electrons. The lowest BCUT2D eigenvalue weighted by molar-refractivity contribution is -0.00000462. The number of nitrogens with zero attached hydrogens (tertiary/aromatic N) is 5. The van der Waals surface area contributed by atoms with Gasteiger partial charge in [-0.15, -0.1) is 5.10 Å². The summed E-state index contributed by atoms with van der Waals surface area (Å²) in [4.78, 5) is 4.01. The number of thioether (sulfide) groups is 1. The lowest BCUT2D eigenvalue weighted by atomic mass is 10.3. The van der Waals surface area contributed by atoms with Crippen molar-refractivity contribution in [2.24, 2.45) is 0 Å². The molecule has 3 rings (SSSR count). The number of rotatable bonds is 7. The third-order valence-corrected chi connectivity index (χ3v) is 3.95. The van der Waals surface area contributed by atoms with E-state index in [4.69, 9.17) is 0 Å². The highest BCUT2D eigenvalue weighted by atomic mass is 35.5. The quantitative estimate of drug-likeness (QED) is 0.434. The van der Waals surface area contributed by atoms with Crippen molar-refractivity contribution >= 4 is 11.8 Å². The van der Waals surface area contributed by atoms with Gasteiger partial charge < -0.3 is 17.7 Å². The SMILES string of the molecule is [Cl-].c1ccc(-n2nnnc2SCCNCc2ccncc2)cc1. The summed E-state index contributed by atoms with van der Waals surface area (Å²) >= 11 is 1.64. The van der Waals surface area contributed by atoms with Crippen molar-refractivity contribution in [1.29, 1.82) is 0 Å². The van der Waals surface area contributed by atoms with Crippen LogP contribution in [0.15, 0.2) is 60.0 Å². The summed E-state index contributed by atoms with van der Waals surface area (Å²) in [5.74, 6) is 0.901. The first-order valence-corrected chi connectivity index (χ1v) is 7.98. The molecule has 1 aromatic carbocycles. The van der Waals surface area contributed by atoms with E-state index in [1.807, 2.05) is 42.5 Å². The lowest BCUT2D eigenvalue weighted by Gasteiger charge is -2.05. The van der Waals surface area contributed by atoms with E-state index in [2.05, 4.69) is 25.8 Å². The summed E-state index contributed by atoms with van der Waals surface area (Å²) in [6.45, 7) is 1.72. The van der Waals surface area contributed by atoms with Crippen LogP contribution >= 0.6 is 11.8 Å². The van der Waals surface area contributed by atoms with Gasteiger partial charge in [-0.1, -0.05) is 30.0 Å². The van der Waals surface area contributed by atoms with Crippen LogP contribution < -0.4 is 17.7 Å². The number of nitrogens with one attached hydrogen (secondary N) is 1. The Hall–Kier alpha value is -1.96. The van der Waals surface area contributed by atoms with Crippen LogP contribution in [0.25, 0.3) is 5.69 Å². The van der Waals surface area contributed by atoms with E-state index in [1.54, 1.807) is 28.8 Å². The number of hydrogen-bond donors (Lipinski definition) is 1. The second kappa shape index (κ2) is 9.24. The predicted octanol–water partition coefficient (Wildman–Crippen LogP) is -1.06. The molecule has 0 atom stereocenters. The minimum absolute atomic E-state index is 0. The summed E-state index contributed by atoms with van der Waals surface area (Å²) in [7, 11) is 0. The molecule has 8 heteroatoms. The fourth-order valence-corrected chi connectivity index (χ4v) is 2.74. The first-order valence-electron chi connectivity index (χ1n) is 7.00. The molecule has 3 aromatic rings. The molecule has 0 saturated carbocycles. The molecule has 120 valence electrons. The van der Waals surface area contributed by atoms with Gasteiger partial charge >= 0.3 is 0 Å². The molecule has 0 spiro atoms. The number of halogens is 1. The second-order valence-electron chi connectivity index (χ2n) is 4.59. The van der Waals surface area contributed by atoms with Crippen molar-refractivity contribution < 1.29 is 12.4 Å². The summed E-state index contributed by atoms with van der Waals surface area (Å²) in [5, 5.41) is 16.1. The first-order chi connectivity index (χ1) is 10.9. The van der Waals surface area contributed by atoms with Crippen LogP contribution in [-0.4, -0.2) is 37.5 Å². The monoisotopic (exact) mass is 347 g/mol. The zero-order valence-electron chi connectivity index (χ0n) is 12.3. The summed E-state index contributed by atoms with van der Waals surface area (Å²) in [6, 6.07) is 13.9. The molecule has 0 unspecified atom stereocenters. The van der Waals surface area contributed by atoms with E-state index in [-0.39, 0.29) is 12.4 Å². The smallest absolute Gasteiger partial charge is 0.214 e. The molecule has 2 heterocycles. The average Bonchev–Trinajstić information content (AvgIpc) is 3.05. The number of pyridine rings is 1. The highest BCUT2D eigenvalue weighted by Crippen LogP contribution is 2.17. The molecule has 23 heavy (non-hydrogen) atoms. The molecular weight excluding hydrogens is 332 g/mol. The van der Waals surface area contributed by atoms with Crippen LogP contribution in [0.2, 0.25) is 0 Å². The largest absolute Gasteiger partial charge is 1.00 e. The number of tetrazole rings is 1. The summed E-state index contributed by atoms with van der Waals surface area (Å²) in [6.07, 6.45) is 3.61. The molecule has 0 saturated heterocycles. The van der Waals surface area contributed by atoms with Gasteiger partial charge in [-0.05, 0) is 40.3 Å². The second-order valence-corrected chi connectivity index (χ2v) is 5.65. The van der Waals surface area contributed by atoms with Crippen LogP contribution in [-0.2, 0) is 6.54 Å². The standard InChI is InChI=1S/C15H16N6S.ClH/c1-2-4-14(5-3-1)21-15(18-19-20-21)22-11-10-17-12-13-6-8-16-9-7-13;/h1-9,17H,10-12H2;1H/p-1. The van der Waals surface area contributed by atoms with Crippen molar-refractivity contribution in [3.8, 4) is 5.69 Å². The van der Waals surface area contributed by atoms with E-state index in [0.717, 1.165) is 29.7 Å². The molecule has 0 amide bonds. The van der Waals surface area contributed by atoms with Crippen molar-refractivity contribution in [3.05, 3.63) is 60.4 Å². The fraction of sp³-hybridized carbons (Fsp3) is 0.200. The average molecular weight is 348 g/mol. The van der Waals surface area contributed by atoms with E-state index < -0.39 is 0 Å². The Kier molecular flexibility index (Phi) is 6.99. The molecule has 0 bridgehead atoms. The van der Waals surface area contributed by atoms with E-state index in [0.29, 0.717) is 0 Å². The Bertz CT molecular complexity index is 691. The van der Waals surface area contributed by atoms with Gasteiger partial charge in [0.25, 0.3) is 0 Å². The first kappa shape index (κ1) is 17.4. The zero-order valence-corrected chi connectivity index (χ0v) is 13.9. The topological polar surface area (TPSA) is 68.5 Å². The molecule has 0 aliphatic carbocycles. The number of aromatic nitrogens is 5. The van der Waals surface area contributed by atoms with Crippen molar-refractivity contribution in [2.45, 2.75) is 11.7 Å². The van der Waals surface area contributed by atoms with Crippen LogP contribution in [0.1, 0.15) is 5.56 Å². The maximum Gasteiger partial charge on any atom is 0.214 e. The fourth-order valence-electron chi connectivity index (χ4n) is 1.95. The lowest BCUT2D eigenvalue weighted by Crippen LogP contribution is -3.00. The van der Waals surface area contributed by atoms with Gasteiger partial charge in [0.1, 0.15) is 0 Å². The van der Waals surface area contributed by atoms with Gasteiger partial charge in [0.15, 0.2) is 0 Å². The highest BCUT2D eigenvalue weighted by molar-refractivity contribution is 7.99. The van der Waals surface area contributed by atoms with Crippen molar-refractivity contribution in [3.63, 3.8) is 0 Å². The number of para-hydroxylation sites is 1. The van der Waals surface area contributed by atoms with Gasteiger partial charge in [-0.3, -0.25) is 4.98 Å². The molecule has 1 N–H and O–H groups in total. The molecule has 0 aliphatic heterocycles. The minimum Gasteiger partial charge on any atom is -1.00 e. The van der Waals surface area contributed by atoms with Gasteiger partial charge in [0.05, 0.1) is 5.69 Å². The molecule has 0 fully saturated rings. The summed E-state index contributed by atoms with van der Waals surface area (Å²) in [5.41, 5.74) is 2.20. The van der Waals surface area contributed by atoms with Gasteiger partial charge in [-0.2, -0.15) is 4.68 Å². The molecule has 0 aliphatic rings. The Morgan fingerprint density at radius 3 is 2.61 bits per heavy atom. The Morgan fingerprint density at radius 1 is 1.04 bits per heavy atom. The van der Waals surface area contributed by atoms with Crippen LogP contribution in [0.4, 0.5) is 0 Å². The molecular formula is C15H16ClN6S-. The minimum atomic E-state index is 0. The molecule has 2 aromatic heterocycles. The van der Waals surface area contributed by atoms with E-state index in [9.17, 15) is 0 Å². The predicted molar refractivity (Wildman–Crippen MR) is 85.8 cm³/mol. The van der Waals surface area contributed by atoms with E-state index >= 15 is 0 Å². The zero-order chi connectivity index (χ0) is 15.0. The highest BCUT2D eigenvalue weighted by Gasteiger charge is 2.07. The maximum atomic E-state index is 4.08. The number of hydrogen-bond acceptors (Lipinski definition) is 6. The van der Waals surface area contributed by atoms with Crippen LogP contribution in [0.3, 0.4) is 0 Å². The van der Waals surface area contributed by atoms with Gasteiger partial charge in [-0.25, -0.2) is 0 Å². The Morgan fingerprint density at radius 2 is 1.83 bits per heavy atom. The maximum absolute atomic E-state index is 4.08. The Labute approximate surface area is 145 Å². The normalized spacial score (nSPS) is 10.3. The van der Waals surface area contributed by atoms with Gasteiger partial charge in [0.2, 0.25) is 5.16 Å². The third kappa shape index (κ3) is 5.02.